The third-order valence-electron chi connectivity index (χ3n) is 4.43. The highest BCUT2D eigenvalue weighted by Crippen LogP contribution is 2.36. The Bertz CT molecular complexity index is 1160. The second-order valence-corrected chi connectivity index (χ2v) is 6.67. The smallest absolute Gasteiger partial charge is 0.282 e. The number of carbonyl (C=O) groups is 2. The van der Waals surface area contributed by atoms with Gasteiger partial charge in [0.25, 0.3) is 11.8 Å². The summed E-state index contributed by atoms with van der Waals surface area (Å²) in [6.45, 7) is 0. The van der Waals surface area contributed by atoms with Crippen molar-refractivity contribution in [3.8, 4) is 0 Å². The molecule has 4 nitrogen and oxygen atoms in total. The number of rotatable bonds is 4. The van der Waals surface area contributed by atoms with Crippen molar-refractivity contribution in [1.82, 2.24) is 0 Å². The molecule has 0 atom stereocenters. The van der Waals surface area contributed by atoms with Crippen LogP contribution in [0.15, 0.2) is 78.5 Å². The maximum absolute atomic E-state index is 13.6. The van der Waals surface area contributed by atoms with Gasteiger partial charge in [0.15, 0.2) is 11.6 Å². The molecule has 3 aromatic rings. The largest absolute Gasteiger partial charge is 0.350 e. The SMILES string of the molecule is O=C1C(Nc2ccc(F)c(F)c2)=C(c2ccccc2)C(=O)N1c1ccccc1Cl. The van der Waals surface area contributed by atoms with E-state index in [0.717, 1.165) is 17.0 Å². The van der Waals surface area contributed by atoms with Gasteiger partial charge in [-0.1, -0.05) is 54.1 Å². The second-order valence-electron chi connectivity index (χ2n) is 6.27. The van der Waals surface area contributed by atoms with E-state index in [1.54, 1.807) is 54.6 Å². The van der Waals surface area contributed by atoms with Crippen LogP contribution in [0.25, 0.3) is 5.57 Å². The van der Waals surface area contributed by atoms with Gasteiger partial charge in [0.05, 0.1) is 16.3 Å². The van der Waals surface area contributed by atoms with E-state index in [0.29, 0.717) is 5.56 Å². The third kappa shape index (κ3) is 3.39. The van der Waals surface area contributed by atoms with E-state index in [1.807, 2.05) is 0 Å². The number of benzene rings is 3. The van der Waals surface area contributed by atoms with Crippen molar-refractivity contribution in [2.24, 2.45) is 0 Å². The van der Waals surface area contributed by atoms with E-state index in [4.69, 9.17) is 11.6 Å². The van der Waals surface area contributed by atoms with E-state index < -0.39 is 23.4 Å². The Kier molecular flexibility index (Phi) is 4.86. The lowest BCUT2D eigenvalue weighted by Crippen LogP contribution is -2.32. The van der Waals surface area contributed by atoms with Gasteiger partial charge >= 0.3 is 0 Å². The van der Waals surface area contributed by atoms with Crippen molar-refractivity contribution >= 4 is 40.4 Å². The Morgan fingerprint density at radius 2 is 1.48 bits per heavy atom. The molecule has 0 saturated heterocycles. The van der Waals surface area contributed by atoms with Gasteiger partial charge in [0, 0.05) is 11.8 Å². The lowest BCUT2D eigenvalue weighted by atomic mass is 10.0. The van der Waals surface area contributed by atoms with Crippen LogP contribution in [0, 0.1) is 11.6 Å². The molecule has 1 N–H and O–H groups in total. The van der Waals surface area contributed by atoms with Crippen LogP contribution in [0.4, 0.5) is 20.2 Å². The molecule has 1 heterocycles. The van der Waals surface area contributed by atoms with E-state index in [1.165, 1.54) is 6.07 Å². The lowest BCUT2D eigenvalue weighted by Gasteiger charge is -2.16. The molecule has 0 aliphatic carbocycles. The normalized spacial score (nSPS) is 14.0. The van der Waals surface area contributed by atoms with Crippen molar-refractivity contribution in [3.05, 3.63) is 101 Å². The number of imide groups is 1. The van der Waals surface area contributed by atoms with Crippen molar-refractivity contribution in [3.63, 3.8) is 0 Å². The zero-order valence-electron chi connectivity index (χ0n) is 14.8. The molecule has 144 valence electrons. The van der Waals surface area contributed by atoms with E-state index in [2.05, 4.69) is 5.32 Å². The number of amides is 2. The first-order chi connectivity index (χ1) is 14.0. The molecular formula is C22H13ClF2N2O2. The molecule has 7 heteroatoms. The van der Waals surface area contributed by atoms with Crippen LogP contribution >= 0.6 is 11.6 Å². The number of nitrogens with one attached hydrogen (secondary N) is 1. The van der Waals surface area contributed by atoms with Crippen LogP contribution in [0.2, 0.25) is 5.02 Å². The maximum atomic E-state index is 13.6. The van der Waals surface area contributed by atoms with Crippen LogP contribution in [0.5, 0.6) is 0 Å². The third-order valence-corrected chi connectivity index (χ3v) is 4.75. The molecule has 1 aliphatic rings. The topological polar surface area (TPSA) is 49.4 Å². The average Bonchev–Trinajstić information content (AvgIpc) is 2.96. The molecule has 0 saturated carbocycles. The van der Waals surface area contributed by atoms with E-state index in [9.17, 15) is 18.4 Å². The fourth-order valence-corrected chi connectivity index (χ4v) is 3.31. The van der Waals surface area contributed by atoms with Crippen molar-refractivity contribution in [2.75, 3.05) is 10.2 Å². The number of hydrogen-bond acceptors (Lipinski definition) is 3. The predicted molar refractivity (Wildman–Crippen MR) is 107 cm³/mol. The first-order valence-corrected chi connectivity index (χ1v) is 9.00. The number of anilines is 2. The number of para-hydroxylation sites is 1. The maximum Gasteiger partial charge on any atom is 0.282 e. The number of hydrogen-bond donors (Lipinski definition) is 1. The lowest BCUT2D eigenvalue weighted by molar-refractivity contribution is -0.120. The fourth-order valence-electron chi connectivity index (χ4n) is 3.09. The summed E-state index contributed by atoms with van der Waals surface area (Å²) >= 11 is 6.20. The average molecular weight is 411 g/mol. The first kappa shape index (κ1) is 18.8. The van der Waals surface area contributed by atoms with E-state index in [-0.39, 0.29) is 27.7 Å². The van der Waals surface area contributed by atoms with Crippen molar-refractivity contribution < 1.29 is 18.4 Å². The van der Waals surface area contributed by atoms with Gasteiger partial charge < -0.3 is 5.32 Å². The molecule has 2 amide bonds. The Morgan fingerprint density at radius 1 is 0.793 bits per heavy atom. The number of nitrogens with zero attached hydrogens (tertiary/aromatic N) is 1. The highest BCUT2D eigenvalue weighted by molar-refractivity contribution is 6.48. The predicted octanol–water partition coefficient (Wildman–Crippen LogP) is 5.01. The molecule has 3 aromatic carbocycles. The van der Waals surface area contributed by atoms with Crippen LogP contribution in [-0.4, -0.2) is 11.8 Å². The summed E-state index contributed by atoms with van der Waals surface area (Å²) in [5.41, 5.74) is 0.937. The van der Waals surface area contributed by atoms with Crippen LogP contribution in [0.3, 0.4) is 0 Å². The number of halogens is 3. The minimum absolute atomic E-state index is 0.0490. The van der Waals surface area contributed by atoms with Gasteiger partial charge in [-0.15, -0.1) is 0 Å². The van der Waals surface area contributed by atoms with Crippen molar-refractivity contribution in [1.29, 1.82) is 0 Å². The standard InChI is InChI=1S/C22H13ClF2N2O2/c23-15-8-4-5-9-18(15)27-21(28)19(13-6-2-1-3-7-13)20(22(27)29)26-14-10-11-16(24)17(25)12-14/h1-12,26H. The zero-order chi connectivity index (χ0) is 20.5. The van der Waals surface area contributed by atoms with Gasteiger partial charge in [-0.05, 0) is 29.8 Å². The molecule has 1 aliphatic heterocycles. The summed E-state index contributed by atoms with van der Waals surface area (Å²) in [5, 5.41) is 3.01. The molecule has 4 rings (SSSR count). The summed E-state index contributed by atoms with van der Waals surface area (Å²) in [6, 6.07) is 18.2. The highest BCUT2D eigenvalue weighted by Gasteiger charge is 2.41. The van der Waals surface area contributed by atoms with E-state index >= 15 is 0 Å². The van der Waals surface area contributed by atoms with Gasteiger partial charge in [-0.2, -0.15) is 0 Å². The Hall–Kier alpha value is -3.51. The molecule has 0 unspecified atom stereocenters. The highest BCUT2D eigenvalue weighted by atomic mass is 35.5. The van der Waals surface area contributed by atoms with Crippen LogP contribution < -0.4 is 10.2 Å². The Balaban J connectivity index is 1.84. The second kappa shape index (κ2) is 7.48. The molecule has 0 bridgehead atoms. The molecular weight excluding hydrogens is 398 g/mol. The summed E-state index contributed by atoms with van der Waals surface area (Å²) in [6.07, 6.45) is 0. The molecule has 0 aromatic heterocycles. The minimum Gasteiger partial charge on any atom is -0.350 e. The van der Waals surface area contributed by atoms with Crippen LogP contribution in [0.1, 0.15) is 5.56 Å². The molecule has 0 radical (unpaired) electrons. The number of carbonyl (C=O) groups excluding carboxylic acids is 2. The Morgan fingerprint density at radius 3 is 2.17 bits per heavy atom. The fraction of sp³-hybridized carbons (Fsp3) is 0. The molecule has 29 heavy (non-hydrogen) atoms. The summed E-state index contributed by atoms with van der Waals surface area (Å²) in [7, 11) is 0. The molecule has 0 fully saturated rings. The van der Waals surface area contributed by atoms with Gasteiger partial charge in [0.1, 0.15) is 5.70 Å². The Labute approximate surface area is 170 Å². The zero-order valence-corrected chi connectivity index (χ0v) is 15.6. The van der Waals surface area contributed by atoms with Gasteiger partial charge in [-0.25, -0.2) is 13.7 Å². The quantitative estimate of drug-likeness (QED) is 0.615. The summed E-state index contributed by atoms with van der Waals surface area (Å²) in [4.78, 5) is 27.3. The first-order valence-electron chi connectivity index (χ1n) is 8.62. The van der Waals surface area contributed by atoms with Gasteiger partial charge in [-0.3, -0.25) is 9.59 Å². The monoisotopic (exact) mass is 410 g/mol. The summed E-state index contributed by atoms with van der Waals surface area (Å²) < 4.78 is 26.9. The molecule has 0 spiro atoms. The minimum atomic E-state index is -1.07. The van der Waals surface area contributed by atoms with Crippen molar-refractivity contribution in [2.45, 2.75) is 0 Å². The van der Waals surface area contributed by atoms with Gasteiger partial charge in [0.2, 0.25) is 0 Å². The summed E-state index contributed by atoms with van der Waals surface area (Å²) in [5.74, 6) is -3.30. The van der Waals surface area contributed by atoms with Crippen LogP contribution in [-0.2, 0) is 9.59 Å².